The molecule has 9 nitrogen and oxygen atoms in total. The predicted molar refractivity (Wildman–Crippen MR) is 144 cm³/mol. The minimum Gasteiger partial charge on any atom is -0.348 e. The Balaban J connectivity index is 2.18. The third-order valence-corrected chi connectivity index (χ3v) is 8.12. The highest BCUT2D eigenvalue weighted by atomic mass is 16.5. The van der Waals surface area contributed by atoms with Crippen molar-refractivity contribution >= 4 is 17.6 Å². The molecule has 0 bridgehead atoms. The van der Waals surface area contributed by atoms with Gasteiger partial charge in [-0.15, -0.1) is 0 Å². The summed E-state index contributed by atoms with van der Waals surface area (Å²) in [7, 11) is 0. The van der Waals surface area contributed by atoms with E-state index in [1.54, 1.807) is 17.9 Å². The summed E-state index contributed by atoms with van der Waals surface area (Å²) in [6, 6.07) is 9.57. The van der Waals surface area contributed by atoms with Crippen LogP contribution in [0.1, 0.15) is 76.6 Å². The second-order valence-corrected chi connectivity index (χ2v) is 11.2. The number of rotatable bonds is 14. The molecule has 1 aliphatic rings. The van der Waals surface area contributed by atoms with Gasteiger partial charge < -0.3 is 4.98 Å². The van der Waals surface area contributed by atoms with Gasteiger partial charge in [-0.3, -0.25) is 25.0 Å². The molecule has 208 valence electrons. The summed E-state index contributed by atoms with van der Waals surface area (Å²) < 4.78 is 0. The van der Waals surface area contributed by atoms with E-state index in [4.69, 9.17) is 5.84 Å². The molecule has 0 aliphatic heterocycles. The summed E-state index contributed by atoms with van der Waals surface area (Å²) >= 11 is 0. The fraction of sp³-hybridized carbons (Fsp3) is 0.586. The number of imidazole rings is 1. The summed E-state index contributed by atoms with van der Waals surface area (Å²) in [6.07, 6.45) is 10.7. The molecule has 1 fully saturated rings. The van der Waals surface area contributed by atoms with Gasteiger partial charge in [0.05, 0.1) is 18.3 Å². The van der Waals surface area contributed by atoms with Crippen LogP contribution < -0.4 is 16.7 Å². The lowest BCUT2D eigenvalue weighted by Crippen LogP contribution is -2.55. The van der Waals surface area contributed by atoms with Gasteiger partial charge in [0.1, 0.15) is 11.6 Å². The first-order valence-electron chi connectivity index (χ1n) is 13.8. The van der Waals surface area contributed by atoms with Gasteiger partial charge in [-0.1, -0.05) is 76.3 Å². The number of Topliss-reactive ketones (excluding diaryl/α,β-unsaturated/α-hetero) is 1. The van der Waals surface area contributed by atoms with E-state index in [-0.39, 0.29) is 24.5 Å². The van der Waals surface area contributed by atoms with Crippen LogP contribution in [-0.4, -0.2) is 32.8 Å². The van der Waals surface area contributed by atoms with Crippen molar-refractivity contribution in [3.63, 3.8) is 0 Å². The average molecular weight is 526 g/mol. The molecule has 0 radical (unpaired) electrons. The van der Waals surface area contributed by atoms with Gasteiger partial charge in [0.25, 0.3) is 0 Å². The molecule has 6 N–H and O–H groups in total. The van der Waals surface area contributed by atoms with Crippen molar-refractivity contribution in [2.45, 2.75) is 78.1 Å². The van der Waals surface area contributed by atoms with E-state index in [0.29, 0.717) is 24.6 Å². The molecule has 1 saturated carbocycles. The van der Waals surface area contributed by atoms with Gasteiger partial charge in [0, 0.05) is 17.8 Å². The zero-order chi connectivity index (χ0) is 27.5. The number of nitrogens with zero attached hydrogens (tertiary/aromatic N) is 1. The smallest absolute Gasteiger partial charge is 0.248 e. The van der Waals surface area contributed by atoms with Crippen molar-refractivity contribution in [1.29, 1.82) is 0 Å². The number of aromatic amines is 1. The van der Waals surface area contributed by atoms with Crippen LogP contribution in [0.3, 0.4) is 0 Å². The van der Waals surface area contributed by atoms with Crippen LogP contribution in [0.15, 0.2) is 42.7 Å². The van der Waals surface area contributed by atoms with Crippen LogP contribution in [0, 0.1) is 29.1 Å². The lowest BCUT2D eigenvalue weighted by molar-refractivity contribution is -0.154. The topological polar surface area (TPSA) is 150 Å². The summed E-state index contributed by atoms with van der Waals surface area (Å²) in [6.45, 7) is 3.91. The third kappa shape index (κ3) is 7.51. The van der Waals surface area contributed by atoms with Gasteiger partial charge in [0.15, 0.2) is 0 Å². The number of nitrogens with two attached hydrogens (primary N) is 1. The molecule has 1 aromatic carbocycles. The molecule has 2 amide bonds. The summed E-state index contributed by atoms with van der Waals surface area (Å²) in [5.74, 6) is 3.10. The zero-order valence-corrected chi connectivity index (χ0v) is 22.6. The number of nitrogens with one attached hydrogen (secondary N) is 3. The molecule has 1 heterocycles. The number of amides is 2. The van der Waals surface area contributed by atoms with E-state index in [9.17, 15) is 19.6 Å². The number of carbonyl (C=O) groups is 3. The molecule has 1 aromatic heterocycles. The Hall–Kier alpha value is -3.04. The standard InChI is InChI=1S/C29H43N5O4/c1-20(2)17-23(27(36)33-30)26(28(37)34-38)29(19-22-11-7-4-8-12-22,14-13-21-9-5-3-6-10-21)24(35)18-25-31-15-16-32-25/h4,7-8,11-12,15-16,20-21,23,26,38H,3,5-6,9-10,13-14,17-19,30H2,1-2H3,(H,31,32)(H,33,36)(H,34,37)/t23-,26-,29?/m1/s1. The van der Waals surface area contributed by atoms with E-state index < -0.39 is 29.1 Å². The van der Waals surface area contributed by atoms with Crippen molar-refractivity contribution in [1.82, 2.24) is 20.9 Å². The summed E-state index contributed by atoms with van der Waals surface area (Å²) in [5, 5.41) is 9.94. The number of hydrogen-bond acceptors (Lipinski definition) is 6. The number of hydroxylamine groups is 1. The maximum Gasteiger partial charge on any atom is 0.248 e. The molecule has 1 unspecified atom stereocenters. The Kier molecular flexibility index (Phi) is 11.0. The number of aromatic nitrogens is 2. The van der Waals surface area contributed by atoms with E-state index in [2.05, 4.69) is 15.4 Å². The largest absolute Gasteiger partial charge is 0.348 e. The van der Waals surface area contributed by atoms with Crippen LogP contribution in [-0.2, 0) is 27.2 Å². The molecule has 0 spiro atoms. The van der Waals surface area contributed by atoms with Gasteiger partial charge in [0.2, 0.25) is 11.8 Å². The first-order valence-corrected chi connectivity index (χ1v) is 13.8. The monoisotopic (exact) mass is 525 g/mol. The fourth-order valence-electron chi connectivity index (χ4n) is 6.28. The van der Waals surface area contributed by atoms with Crippen molar-refractivity contribution in [2.24, 2.45) is 34.9 Å². The second-order valence-electron chi connectivity index (χ2n) is 11.2. The Morgan fingerprint density at radius 3 is 2.42 bits per heavy atom. The number of ketones is 1. The van der Waals surface area contributed by atoms with Gasteiger partial charge in [-0.25, -0.2) is 16.3 Å². The number of hydrazine groups is 1. The predicted octanol–water partition coefficient (Wildman–Crippen LogP) is 3.88. The lowest BCUT2D eigenvalue weighted by Gasteiger charge is -2.43. The molecule has 38 heavy (non-hydrogen) atoms. The third-order valence-electron chi connectivity index (χ3n) is 8.12. The Labute approximate surface area is 225 Å². The molecule has 0 saturated heterocycles. The van der Waals surface area contributed by atoms with Gasteiger partial charge in [-0.05, 0) is 43.1 Å². The van der Waals surface area contributed by atoms with Crippen LogP contribution in [0.4, 0.5) is 0 Å². The Bertz CT molecular complexity index is 1020. The first-order chi connectivity index (χ1) is 18.3. The van der Waals surface area contributed by atoms with Gasteiger partial charge >= 0.3 is 0 Å². The molecular formula is C29H43N5O4. The second kappa shape index (κ2) is 14.2. The quantitative estimate of drug-likeness (QED) is 0.109. The van der Waals surface area contributed by atoms with E-state index in [1.807, 2.05) is 44.2 Å². The molecule has 3 rings (SSSR count). The van der Waals surface area contributed by atoms with Gasteiger partial charge in [-0.2, -0.15) is 0 Å². The summed E-state index contributed by atoms with van der Waals surface area (Å²) in [5.41, 5.74) is 3.64. The highest BCUT2D eigenvalue weighted by molar-refractivity contribution is 5.96. The maximum absolute atomic E-state index is 14.5. The number of hydrogen-bond donors (Lipinski definition) is 5. The Morgan fingerprint density at radius 2 is 1.84 bits per heavy atom. The SMILES string of the molecule is CC(C)C[C@@H](C(=O)NN)[C@H](C(=O)NO)C(CCC1CCCCC1)(Cc1ccccc1)C(=O)Cc1ncc[nH]1. The molecule has 3 atom stereocenters. The number of H-pyrrole nitrogens is 1. The van der Waals surface area contributed by atoms with Crippen molar-refractivity contribution < 1.29 is 19.6 Å². The normalized spacial score (nSPS) is 17.4. The zero-order valence-electron chi connectivity index (χ0n) is 22.6. The van der Waals surface area contributed by atoms with E-state index >= 15 is 0 Å². The van der Waals surface area contributed by atoms with Crippen LogP contribution >= 0.6 is 0 Å². The van der Waals surface area contributed by atoms with E-state index in [1.165, 1.54) is 6.42 Å². The van der Waals surface area contributed by atoms with Crippen molar-refractivity contribution in [3.05, 3.63) is 54.1 Å². The van der Waals surface area contributed by atoms with Crippen molar-refractivity contribution in [2.75, 3.05) is 0 Å². The minimum absolute atomic E-state index is 0.0155. The van der Waals surface area contributed by atoms with Crippen LogP contribution in [0.2, 0.25) is 0 Å². The molecular weight excluding hydrogens is 482 g/mol. The van der Waals surface area contributed by atoms with Crippen LogP contribution in [0.25, 0.3) is 0 Å². The maximum atomic E-state index is 14.5. The van der Waals surface area contributed by atoms with Crippen molar-refractivity contribution in [3.8, 4) is 0 Å². The average Bonchev–Trinajstić information content (AvgIpc) is 3.44. The fourth-order valence-corrected chi connectivity index (χ4v) is 6.28. The lowest BCUT2D eigenvalue weighted by atomic mass is 9.58. The highest BCUT2D eigenvalue weighted by Gasteiger charge is 2.53. The summed E-state index contributed by atoms with van der Waals surface area (Å²) in [4.78, 5) is 48.6. The molecule has 1 aliphatic carbocycles. The number of carbonyl (C=O) groups excluding carboxylic acids is 3. The number of benzene rings is 1. The molecule has 9 heteroatoms. The first kappa shape index (κ1) is 29.5. The van der Waals surface area contributed by atoms with E-state index in [0.717, 1.165) is 37.7 Å². The molecule has 2 aromatic rings. The Morgan fingerprint density at radius 1 is 1.13 bits per heavy atom. The highest BCUT2D eigenvalue weighted by Crippen LogP contribution is 2.46. The minimum atomic E-state index is -1.27. The van der Waals surface area contributed by atoms with Crippen LogP contribution in [0.5, 0.6) is 0 Å².